The van der Waals surface area contributed by atoms with E-state index in [-0.39, 0.29) is 10.8 Å². The van der Waals surface area contributed by atoms with E-state index in [4.69, 9.17) is 4.74 Å². The molecule has 1 N–H and O–H groups in total. The lowest BCUT2D eigenvalue weighted by Gasteiger charge is -2.31. The van der Waals surface area contributed by atoms with E-state index in [1.807, 2.05) is 13.0 Å². The first kappa shape index (κ1) is 21.7. The van der Waals surface area contributed by atoms with E-state index in [1.54, 1.807) is 24.3 Å². The van der Waals surface area contributed by atoms with Crippen LogP contribution in [-0.4, -0.2) is 63.0 Å². The minimum absolute atomic E-state index is 0.174. The number of nitrogens with zero attached hydrogens (tertiary/aromatic N) is 3. The number of hydrogen-bond acceptors (Lipinski definition) is 6. The van der Waals surface area contributed by atoms with Crippen molar-refractivity contribution in [2.24, 2.45) is 0 Å². The van der Waals surface area contributed by atoms with Gasteiger partial charge in [-0.1, -0.05) is 0 Å². The number of morpholine rings is 1. The van der Waals surface area contributed by atoms with Crippen molar-refractivity contribution in [2.75, 3.05) is 49.6 Å². The number of hydrogen-bond donors (Lipinski definition) is 1. The van der Waals surface area contributed by atoms with Crippen molar-refractivity contribution in [3.8, 4) is 0 Å². The molecule has 4 rings (SSSR count). The molecule has 0 unspecified atom stereocenters. The Morgan fingerprint density at radius 1 is 1.03 bits per heavy atom. The summed E-state index contributed by atoms with van der Waals surface area (Å²) < 4.78 is 33.0. The third kappa shape index (κ3) is 4.89. The van der Waals surface area contributed by atoms with E-state index in [0.717, 1.165) is 37.3 Å². The number of carbonyl (C=O) groups excluding carboxylic acids is 1. The maximum Gasteiger partial charge on any atom is 0.257 e. The second kappa shape index (κ2) is 9.33. The van der Waals surface area contributed by atoms with Gasteiger partial charge >= 0.3 is 0 Å². The zero-order valence-electron chi connectivity index (χ0n) is 17.7. The predicted molar refractivity (Wildman–Crippen MR) is 119 cm³/mol. The van der Waals surface area contributed by atoms with Gasteiger partial charge in [-0.2, -0.15) is 4.31 Å². The Balaban J connectivity index is 1.67. The molecule has 2 fully saturated rings. The van der Waals surface area contributed by atoms with Gasteiger partial charge in [-0.15, -0.1) is 0 Å². The molecule has 0 aliphatic carbocycles. The Labute approximate surface area is 183 Å². The van der Waals surface area contributed by atoms with Gasteiger partial charge in [0.05, 0.1) is 35.0 Å². The van der Waals surface area contributed by atoms with E-state index < -0.39 is 10.0 Å². The highest BCUT2D eigenvalue weighted by Gasteiger charge is 2.28. The summed E-state index contributed by atoms with van der Waals surface area (Å²) in [6, 6.07) is 8.51. The van der Waals surface area contributed by atoms with Crippen molar-refractivity contribution >= 4 is 27.3 Å². The predicted octanol–water partition coefficient (Wildman–Crippen LogP) is 2.65. The fourth-order valence-electron chi connectivity index (χ4n) is 3.92. The second-order valence-corrected chi connectivity index (χ2v) is 9.82. The van der Waals surface area contributed by atoms with Crippen molar-refractivity contribution in [1.29, 1.82) is 0 Å². The molecule has 2 aromatic rings. The molecule has 2 aliphatic rings. The highest BCUT2D eigenvalue weighted by atomic mass is 32.2. The van der Waals surface area contributed by atoms with E-state index in [1.165, 1.54) is 16.9 Å². The third-order valence-corrected chi connectivity index (χ3v) is 7.59. The van der Waals surface area contributed by atoms with Gasteiger partial charge in [-0.3, -0.25) is 9.78 Å². The Morgan fingerprint density at radius 2 is 1.77 bits per heavy atom. The van der Waals surface area contributed by atoms with Crippen LogP contribution in [0.4, 0.5) is 11.4 Å². The number of piperidine rings is 1. The van der Waals surface area contributed by atoms with Gasteiger partial charge in [0.25, 0.3) is 5.91 Å². The van der Waals surface area contributed by atoms with Crippen molar-refractivity contribution in [3.63, 3.8) is 0 Å². The average Bonchev–Trinajstić information content (AvgIpc) is 2.80. The summed E-state index contributed by atoms with van der Waals surface area (Å²) in [7, 11) is -3.67. The number of sulfonamides is 1. The summed E-state index contributed by atoms with van der Waals surface area (Å²) >= 11 is 0. The molecule has 1 aromatic heterocycles. The highest BCUT2D eigenvalue weighted by Crippen LogP contribution is 2.32. The SMILES string of the molecule is Cc1ccc(C(=O)Nc2cc(S(=O)(=O)N3CCOCC3)ccc2N2CCCCC2)cn1. The molecule has 2 aliphatic heterocycles. The molecule has 0 spiro atoms. The number of amides is 1. The Bertz CT molecular complexity index is 1030. The highest BCUT2D eigenvalue weighted by molar-refractivity contribution is 7.89. The summed E-state index contributed by atoms with van der Waals surface area (Å²) in [5, 5.41) is 2.93. The number of carbonyl (C=O) groups is 1. The fourth-order valence-corrected chi connectivity index (χ4v) is 5.35. The van der Waals surface area contributed by atoms with Gasteiger partial charge in [0.2, 0.25) is 10.0 Å². The molecule has 9 heteroatoms. The minimum Gasteiger partial charge on any atom is -0.379 e. The number of benzene rings is 1. The van der Waals surface area contributed by atoms with Gasteiger partial charge in [0.1, 0.15) is 0 Å². The van der Waals surface area contributed by atoms with E-state index >= 15 is 0 Å². The Morgan fingerprint density at radius 3 is 2.45 bits per heavy atom. The summed E-state index contributed by atoms with van der Waals surface area (Å²) in [6.45, 7) is 5.04. The molecule has 0 bridgehead atoms. The molecule has 0 atom stereocenters. The number of nitrogens with one attached hydrogen (secondary N) is 1. The standard InChI is InChI=1S/C22H28N4O4S/c1-17-5-6-18(16-23-17)22(27)24-20-15-19(31(28,29)26-11-13-30-14-12-26)7-8-21(20)25-9-3-2-4-10-25/h5-8,15-16H,2-4,9-14H2,1H3,(H,24,27). The molecule has 1 aromatic carbocycles. The van der Waals surface area contributed by atoms with Crippen molar-refractivity contribution < 1.29 is 17.9 Å². The molecular formula is C22H28N4O4S. The average molecular weight is 445 g/mol. The summed E-state index contributed by atoms with van der Waals surface area (Å²) in [5.74, 6) is -0.313. The van der Waals surface area contributed by atoms with Crippen LogP contribution in [0.25, 0.3) is 0 Å². The van der Waals surface area contributed by atoms with Gasteiger partial charge in [-0.05, 0) is 56.5 Å². The first-order valence-electron chi connectivity index (χ1n) is 10.7. The Hall–Kier alpha value is -2.49. The van der Waals surface area contributed by atoms with Crippen LogP contribution in [0.15, 0.2) is 41.4 Å². The van der Waals surface area contributed by atoms with Crippen LogP contribution < -0.4 is 10.2 Å². The van der Waals surface area contributed by atoms with Crippen molar-refractivity contribution in [2.45, 2.75) is 31.1 Å². The lowest BCUT2D eigenvalue weighted by Crippen LogP contribution is -2.40. The van der Waals surface area contributed by atoms with Crippen molar-refractivity contribution in [3.05, 3.63) is 47.8 Å². The third-order valence-electron chi connectivity index (χ3n) is 5.69. The minimum atomic E-state index is -3.67. The number of pyridine rings is 1. The van der Waals surface area contributed by atoms with E-state index in [0.29, 0.717) is 37.6 Å². The number of anilines is 2. The van der Waals surface area contributed by atoms with Crippen LogP contribution in [0, 0.1) is 6.92 Å². The maximum absolute atomic E-state index is 13.2. The molecule has 166 valence electrons. The quantitative estimate of drug-likeness (QED) is 0.762. The smallest absolute Gasteiger partial charge is 0.257 e. The number of aryl methyl sites for hydroxylation is 1. The van der Waals surface area contributed by atoms with Crippen LogP contribution in [0.2, 0.25) is 0 Å². The molecular weight excluding hydrogens is 416 g/mol. The zero-order chi connectivity index (χ0) is 21.8. The lowest BCUT2D eigenvalue weighted by atomic mass is 10.1. The number of aromatic nitrogens is 1. The molecule has 1 amide bonds. The normalized spacial score (nSPS) is 18.0. The van der Waals surface area contributed by atoms with Gasteiger partial charge in [0, 0.05) is 38.1 Å². The summed E-state index contributed by atoms with van der Waals surface area (Å²) in [4.78, 5) is 19.4. The maximum atomic E-state index is 13.2. The van der Waals surface area contributed by atoms with E-state index in [2.05, 4.69) is 15.2 Å². The first-order valence-corrected chi connectivity index (χ1v) is 12.1. The second-order valence-electron chi connectivity index (χ2n) is 7.89. The summed E-state index contributed by atoms with van der Waals surface area (Å²) in [6.07, 6.45) is 4.85. The largest absolute Gasteiger partial charge is 0.379 e. The summed E-state index contributed by atoms with van der Waals surface area (Å²) in [5.41, 5.74) is 2.59. The van der Waals surface area contributed by atoms with Crippen LogP contribution in [-0.2, 0) is 14.8 Å². The van der Waals surface area contributed by atoms with Crippen LogP contribution in [0.3, 0.4) is 0 Å². The fraction of sp³-hybridized carbons (Fsp3) is 0.455. The monoisotopic (exact) mass is 444 g/mol. The lowest BCUT2D eigenvalue weighted by molar-refractivity contribution is 0.0730. The zero-order valence-corrected chi connectivity index (χ0v) is 18.5. The topological polar surface area (TPSA) is 91.8 Å². The molecule has 8 nitrogen and oxygen atoms in total. The molecule has 2 saturated heterocycles. The number of ether oxygens (including phenoxy) is 1. The molecule has 3 heterocycles. The molecule has 0 radical (unpaired) electrons. The van der Waals surface area contributed by atoms with Gasteiger partial charge in [0.15, 0.2) is 0 Å². The van der Waals surface area contributed by atoms with Crippen LogP contribution in [0.1, 0.15) is 35.3 Å². The first-order chi connectivity index (χ1) is 14.9. The number of rotatable bonds is 5. The Kier molecular flexibility index (Phi) is 6.54. The molecule has 31 heavy (non-hydrogen) atoms. The van der Waals surface area contributed by atoms with Crippen LogP contribution >= 0.6 is 0 Å². The van der Waals surface area contributed by atoms with Crippen LogP contribution in [0.5, 0.6) is 0 Å². The van der Waals surface area contributed by atoms with Gasteiger partial charge in [-0.25, -0.2) is 8.42 Å². The molecule has 0 saturated carbocycles. The van der Waals surface area contributed by atoms with Gasteiger partial charge < -0.3 is 15.0 Å². The van der Waals surface area contributed by atoms with Crippen molar-refractivity contribution in [1.82, 2.24) is 9.29 Å². The van der Waals surface area contributed by atoms with E-state index in [9.17, 15) is 13.2 Å².